The largest absolute Gasteiger partial charge is 0.416 e. The van der Waals surface area contributed by atoms with Crippen LogP contribution >= 0.6 is 34.8 Å². The molecule has 0 aliphatic carbocycles. The van der Waals surface area contributed by atoms with Gasteiger partial charge in [-0.05, 0) is 12.1 Å². The highest BCUT2D eigenvalue weighted by Gasteiger charge is 2.33. The summed E-state index contributed by atoms with van der Waals surface area (Å²) >= 11 is 15.9. The number of carbonyl (C=O) groups excluding carboxylic acids is 1. The van der Waals surface area contributed by atoms with E-state index in [0.29, 0.717) is 0 Å². The summed E-state index contributed by atoms with van der Waals surface area (Å²) in [5.41, 5.74) is -0.957. The van der Waals surface area contributed by atoms with Crippen molar-refractivity contribution >= 4 is 40.6 Å². The van der Waals surface area contributed by atoms with Gasteiger partial charge in [0.15, 0.2) is 0 Å². The minimum absolute atomic E-state index is 0.0898. The van der Waals surface area contributed by atoms with Crippen LogP contribution in [0.2, 0.25) is 0 Å². The minimum atomic E-state index is -4.46. The molecule has 0 amide bonds. The van der Waals surface area contributed by atoms with Crippen molar-refractivity contribution in [1.82, 2.24) is 0 Å². The van der Waals surface area contributed by atoms with Gasteiger partial charge in [0, 0.05) is 5.56 Å². The highest BCUT2D eigenvalue weighted by molar-refractivity contribution is 6.77. The molecular weight excluding hydrogens is 287 g/mol. The predicted octanol–water partition coefficient (Wildman–Crippen LogP) is 4.26. The molecule has 0 bridgehead atoms. The van der Waals surface area contributed by atoms with Crippen molar-refractivity contribution in [3.8, 4) is 0 Å². The van der Waals surface area contributed by atoms with Gasteiger partial charge >= 0.3 is 6.18 Å². The average molecular weight is 291 g/mol. The summed E-state index contributed by atoms with van der Waals surface area (Å²) in [6.07, 6.45) is -4.46. The fraction of sp³-hybridized carbons (Fsp3) is 0.222. The second-order valence-corrected chi connectivity index (χ2v) is 5.18. The maximum Gasteiger partial charge on any atom is 0.416 e. The lowest BCUT2D eigenvalue weighted by atomic mass is 10.1. The molecular formula is C9H4Cl3F3O. The third kappa shape index (κ3) is 3.27. The summed E-state index contributed by atoms with van der Waals surface area (Å²) in [6.45, 7) is 0. The van der Waals surface area contributed by atoms with Gasteiger partial charge in [0.1, 0.15) is 0 Å². The second kappa shape index (κ2) is 4.43. The first-order valence-corrected chi connectivity index (χ1v) is 5.04. The average Bonchev–Trinajstić information content (AvgIpc) is 2.14. The van der Waals surface area contributed by atoms with Crippen molar-refractivity contribution in [3.05, 3.63) is 35.4 Å². The Balaban J connectivity index is 3.01. The number of rotatable bonds is 1. The van der Waals surface area contributed by atoms with E-state index in [1.165, 1.54) is 0 Å². The number of Topliss-reactive ketones (excluding diaryl/α,β-unsaturated/α-hetero) is 1. The predicted molar refractivity (Wildman–Crippen MR) is 56.1 cm³/mol. The summed E-state index contributed by atoms with van der Waals surface area (Å²) in [6, 6.07) is 3.44. The molecule has 0 aliphatic rings. The first kappa shape index (κ1) is 13.6. The van der Waals surface area contributed by atoms with E-state index in [1.54, 1.807) is 0 Å². The van der Waals surface area contributed by atoms with E-state index < -0.39 is 21.3 Å². The van der Waals surface area contributed by atoms with Gasteiger partial charge in [-0.15, -0.1) is 0 Å². The Hall–Kier alpha value is -0.450. The fourth-order valence-corrected chi connectivity index (χ4v) is 1.30. The summed E-state index contributed by atoms with van der Waals surface area (Å²) in [5, 5.41) is 0. The van der Waals surface area contributed by atoms with E-state index in [9.17, 15) is 18.0 Å². The highest BCUT2D eigenvalue weighted by atomic mass is 35.6. The second-order valence-electron chi connectivity index (χ2n) is 2.90. The lowest BCUT2D eigenvalue weighted by molar-refractivity contribution is -0.137. The number of carbonyl (C=O) groups is 1. The van der Waals surface area contributed by atoms with Crippen LogP contribution in [0.4, 0.5) is 13.2 Å². The Labute approximate surface area is 104 Å². The smallest absolute Gasteiger partial charge is 0.289 e. The molecule has 7 heteroatoms. The van der Waals surface area contributed by atoms with E-state index in [-0.39, 0.29) is 5.56 Å². The van der Waals surface area contributed by atoms with Crippen molar-refractivity contribution in [3.63, 3.8) is 0 Å². The molecule has 0 aliphatic heterocycles. The summed E-state index contributed by atoms with van der Waals surface area (Å²) in [5.74, 6) is -0.869. The van der Waals surface area contributed by atoms with Gasteiger partial charge in [0.25, 0.3) is 3.79 Å². The molecule has 88 valence electrons. The van der Waals surface area contributed by atoms with Crippen LogP contribution in [0.15, 0.2) is 24.3 Å². The van der Waals surface area contributed by atoms with Crippen LogP contribution in [0.25, 0.3) is 0 Å². The maximum atomic E-state index is 12.2. The van der Waals surface area contributed by atoms with Gasteiger partial charge in [-0.3, -0.25) is 4.79 Å². The fourth-order valence-electron chi connectivity index (χ4n) is 0.974. The molecule has 1 rings (SSSR count). The number of halogens is 6. The van der Waals surface area contributed by atoms with E-state index in [4.69, 9.17) is 34.8 Å². The van der Waals surface area contributed by atoms with Gasteiger partial charge in [-0.1, -0.05) is 46.9 Å². The third-order valence-electron chi connectivity index (χ3n) is 1.73. The van der Waals surface area contributed by atoms with Crippen LogP contribution in [-0.4, -0.2) is 9.58 Å². The first-order chi connectivity index (χ1) is 7.12. The quantitative estimate of drug-likeness (QED) is 0.558. The molecule has 0 saturated heterocycles. The van der Waals surface area contributed by atoms with Crippen LogP contribution in [0.5, 0.6) is 0 Å². The van der Waals surface area contributed by atoms with Gasteiger partial charge in [0.05, 0.1) is 5.56 Å². The number of hydrogen-bond donors (Lipinski definition) is 0. The SMILES string of the molecule is O=C(c1ccc(C(F)(F)F)cc1)C(Cl)(Cl)Cl. The van der Waals surface area contributed by atoms with Crippen LogP contribution in [-0.2, 0) is 6.18 Å². The Morgan fingerprint density at radius 1 is 1.00 bits per heavy atom. The van der Waals surface area contributed by atoms with Crippen molar-refractivity contribution in [1.29, 1.82) is 0 Å². The Morgan fingerprint density at radius 3 is 1.75 bits per heavy atom. The zero-order valence-corrected chi connectivity index (χ0v) is 9.75. The lowest BCUT2D eigenvalue weighted by Crippen LogP contribution is -2.19. The molecule has 1 nitrogen and oxygen atoms in total. The molecule has 0 heterocycles. The van der Waals surface area contributed by atoms with E-state index in [2.05, 4.69) is 0 Å². The van der Waals surface area contributed by atoms with Crippen LogP contribution in [0.1, 0.15) is 15.9 Å². The molecule has 1 aromatic carbocycles. The Bertz CT molecular complexity index is 392. The normalized spacial score (nSPS) is 12.6. The monoisotopic (exact) mass is 290 g/mol. The van der Waals surface area contributed by atoms with Crippen molar-refractivity contribution in [2.45, 2.75) is 9.97 Å². The van der Waals surface area contributed by atoms with Gasteiger partial charge in [0.2, 0.25) is 5.78 Å². The minimum Gasteiger partial charge on any atom is -0.289 e. The van der Waals surface area contributed by atoms with Crippen LogP contribution in [0, 0.1) is 0 Å². The molecule has 0 atom stereocenters. The van der Waals surface area contributed by atoms with E-state index >= 15 is 0 Å². The summed E-state index contributed by atoms with van der Waals surface area (Å²) in [4.78, 5) is 11.4. The topological polar surface area (TPSA) is 17.1 Å². The molecule has 0 fully saturated rings. The van der Waals surface area contributed by atoms with E-state index in [1.807, 2.05) is 0 Å². The van der Waals surface area contributed by atoms with Crippen LogP contribution < -0.4 is 0 Å². The van der Waals surface area contributed by atoms with Gasteiger partial charge in [-0.25, -0.2) is 0 Å². The number of benzene rings is 1. The Morgan fingerprint density at radius 2 is 1.44 bits per heavy atom. The number of alkyl halides is 6. The Kier molecular flexibility index (Phi) is 3.77. The zero-order valence-electron chi connectivity index (χ0n) is 7.49. The molecule has 16 heavy (non-hydrogen) atoms. The van der Waals surface area contributed by atoms with Crippen molar-refractivity contribution in [2.75, 3.05) is 0 Å². The van der Waals surface area contributed by atoms with Gasteiger partial charge < -0.3 is 0 Å². The molecule has 0 saturated carbocycles. The van der Waals surface area contributed by atoms with E-state index in [0.717, 1.165) is 24.3 Å². The molecule has 0 spiro atoms. The van der Waals surface area contributed by atoms with Crippen molar-refractivity contribution in [2.24, 2.45) is 0 Å². The lowest BCUT2D eigenvalue weighted by Gasteiger charge is -2.10. The summed E-state index contributed by atoms with van der Waals surface area (Å²) in [7, 11) is 0. The van der Waals surface area contributed by atoms with Crippen molar-refractivity contribution < 1.29 is 18.0 Å². The highest BCUT2D eigenvalue weighted by Crippen LogP contribution is 2.32. The first-order valence-electron chi connectivity index (χ1n) is 3.91. The molecule has 1 aromatic rings. The number of hydrogen-bond acceptors (Lipinski definition) is 1. The molecule has 0 N–H and O–H groups in total. The summed E-state index contributed by atoms with van der Waals surface area (Å²) < 4.78 is 34.4. The van der Waals surface area contributed by atoms with Crippen LogP contribution in [0.3, 0.4) is 0 Å². The molecule has 0 aromatic heterocycles. The maximum absolute atomic E-state index is 12.2. The van der Waals surface area contributed by atoms with Gasteiger partial charge in [-0.2, -0.15) is 13.2 Å². The standard InChI is InChI=1S/C9H4Cl3F3O/c10-8(11,12)7(16)5-1-3-6(4-2-5)9(13,14)15/h1-4H. The molecule has 0 radical (unpaired) electrons. The number of ketones is 1. The molecule has 0 unspecified atom stereocenters. The zero-order chi connectivity index (χ0) is 12.6. The third-order valence-corrected chi connectivity index (χ3v) is 2.25.